The molecule has 5 nitrogen and oxygen atoms in total. The van der Waals surface area contributed by atoms with Crippen molar-refractivity contribution in [3.8, 4) is 34.0 Å². The van der Waals surface area contributed by atoms with Crippen LogP contribution in [0, 0.1) is 0 Å². The summed E-state index contributed by atoms with van der Waals surface area (Å²) in [6, 6.07) is 18.1. The van der Waals surface area contributed by atoms with Gasteiger partial charge in [-0.2, -0.15) is 0 Å². The first kappa shape index (κ1) is 16.8. The largest absolute Gasteiger partial charge is 0.508 e. The summed E-state index contributed by atoms with van der Waals surface area (Å²) in [6.45, 7) is 0. The lowest BCUT2D eigenvalue weighted by Crippen LogP contribution is -1.95. The van der Waals surface area contributed by atoms with Gasteiger partial charge >= 0.3 is 0 Å². The van der Waals surface area contributed by atoms with Gasteiger partial charge in [0.25, 0.3) is 0 Å². The number of nitrogens with zero attached hydrogens (tertiary/aromatic N) is 2. The van der Waals surface area contributed by atoms with E-state index in [1.807, 2.05) is 48.7 Å². The summed E-state index contributed by atoms with van der Waals surface area (Å²) in [4.78, 5) is 12.9. The Balaban J connectivity index is 1.87. The first-order chi connectivity index (χ1) is 13.6. The molecule has 0 amide bonds. The minimum absolute atomic E-state index is 0.00688. The number of aromatic hydroxyl groups is 2. The molecule has 0 aliphatic heterocycles. The van der Waals surface area contributed by atoms with Gasteiger partial charge in [0.1, 0.15) is 17.2 Å². The zero-order valence-electron chi connectivity index (χ0n) is 14.5. The van der Waals surface area contributed by atoms with Crippen molar-refractivity contribution in [3.05, 3.63) is 71.3 Å². The first-order valence-electron chi connectivity index (χ1n) is 8.66. The van der Waals surface area contributed by atoms with Crippen LogP contribution in [0.25, 0.3) is 44.5 Å². The summed E-state index contributed by atoms with van der Waals surface area (Å²) in [5, 5.41) is 21.1. The van der Waals surface area contributed by atoms with Crippen molar-refractivity contribution in [3.63, 3.8) is 0 Å². The highest BCUT2D eigenvalue weighted by atomic mass is 79.9. The number of halogens is 1. The molecule has 0 saturated heterocycles. The molecular formula is C22H14BrN3O2. The minimum Gasteiger partial charge on any atom is -0.508 e. The molecule has 0 aliphatic rings. The third-order valence-electron chi connectivity index (χ3n) is 4.71. The Hall–Kier alpha value is -3.38. The predicted molar refractivity (Wildman–Crippen MR) is 113 cm³/mol. The standard InChI is InChI=1S/C22H14BrN3O2/c23-12-5-8-17-15(9-12)16(11-24-17)22-21(14-7-6-13(27)10-20(14)28)25-18-3-1-2-4-19(18)26-22/h1-11,24,27-28H. The lowest BCUT2D eigenvalue weighted by Gasteiger charge is -2.11. The van der Waals surface area contributed by atoms with E-state index in [1.165, 1.54) is 12.1 Å². The molecule has 3 aromatic carbocycles. The van der Waals surface area contributed by atoms with Crippen LogP contribution >= 0.6 is 15.9 Å². The van der Waals surface area contributed by atoms with Crippen LogP contribution in [-0.2, 0) is 0 Å². The summed E-state index contributed by atoms with van der Waals surface area (Å²) < 4.78 is 0.962. The van der Waals surface area contributed by atoms with Crippen LogP contribution in [0.4, 0.5) is 0 Å². The van der Waals surface area contributed by atoms with Gasteiger partial charge in [-0.3, -0.25) is 0 Å². The maximum absolute atomic E-state index is 10.5. The monoisotopic (exact) mass is 431 g/mol. The number of phenolic OH excluding ortho intramolecular Hbond substituents is 2. The number of benzene rings is 3. The highest BCUT2D eigenvalue weighted by molar-refractivity contribution is 9.10. The summed E-state index contributed by atoms with van der Waals surface area (Å²) in [6.07, 6.45) is 1.90. The van der Waals surface area contributed by atoms with Gasteiger partial charge < -0.3 is 15.2 Å². The van der Waals surface area contributed by atoms with Gasteiger partial charge in [-0.25, -0.2) is 9.97 Å². The van der Waals surface area contributed by atoms with E-state index in [0.29, 0.717) is 17.0 Å². The second-order valence-corrected chi connectivity index (χ2v) is 7.42. The molecule has 0 fully saturated rings. The molecule has 0 bridgehead atoms. The van der Waals surface area contributed by atoms with Gasteiger partial charge in [-0.15, -0.1) is 0 Å². The predicted octanol–water partition coefficient (Wildman–Crippen LogP) is 5.62. The smallest absolute Gasteiger partial charge is 0.128 e. The Morgan fingerprint density at radius 3 is 2.21 bits per heavy atom. The van der Waals surface area contributed by atoms with Gasteiger partial charge in [0, 0.05) is 38.8 Å². The molecule has 0 unspecified atom stereocenters. The van der Waals surface area contributed by atoms with Gasteiger partial charge in [0.05, 0.1) is 16.7 Å². The molecule has 0 spiro atoms. The van der Waals surface area contributed by atoms with Crippen LogP contribution in [0.2, 0.25) is 0 Å². The molecule has 0 atom stereocenters. The van der Waals surface area contributed by atoms with E-state index in [2.05, 4.69) is 20.9 Å². The average molecular weight is 432 g/mol. The van der Waals surface area contributed by atoms with Crippen LogP contribution in [0.3, 0.4) is 0 Å². The zero-order chi connectivity index (χ0) is 19.3. The van der Waals surface area contributed by atoms with Crippen molar-refractivity contribution >= 4 is 37.9 Å². The SMILES string of the molecule is Oc1ccc(-c2nc3ccccc3nc2-c2c[nH]c3ccc(Br)cc23)c(O)c1. The molecule has 6 heteroatoms. The second-order valence-electron chi connectivity index (χ2n) is 6.50. The maximum Gasteiger partial charge on any atom is 0.128 e. The maximum atomic E-state index is 10.5. The van der Waals surface area contributed by atoms with Crippen molar-refractivity contribution in [2.45, 2.75) is 0 Å². The Bertz CT molecular complexity index is 1360. The topological polar surface area (TPSA) is 82.0 Å². The fourth-order valence-electron chi connectivity index (χ4n) is 3.38. The van der Waals surface area contributed by atoms with Crippen LogP contribution < -0.4 is 0 Å². The van der Waals surface area contributed by atoms with Crippen molar-refractivity contribution < 1.29 is 10.2 Å². The van der Waals surface area contributed by atoms with E-state index in [-0.39, 0.29) is 11.5 Å². The summed E-state index contributed by atoms with van der Waals surface area (Å²) in [7, 11) is 0. The van der Waals surface area contributed by atoms with Gasteiger partial charge in [-0.1, -0.05) is 28.1 Å². The van der Waals surface area contributed by atoms with Crippen LogP contribution in [0.1, 0.15) is 0 Å². The molecule has 5 aromatic rings. The Morgan fingerprint density at radius 1 is 0.786 bits per heavy atom. The Labute approximate surface area is 168 Å². The van der Waals surface area contributed by atoms with Crippen LogP contribution in [-0.4, -0.2) is 25.2 Å². The summed E-state index contributed by atoms with van der Waals surface area (Å²) in [5.74, 6) is -0.0561. The van der Waals surface area contributed by atoms with Gasteiger partial charge in [0.2, 0.25) is 0 Å². The Morgan fingerprint density at radius 2 is 1.50 bits per heavy atom. The molecule has 5 rings (SSSR count). The minimum atomic E-state index is -0.0492. The van der Waals surface area contributed by atoms with Crippen molar-refractivity contribution in [1.29, 1.82) is 0 Å². The first-order valence-corrected chi connectivity index (χ1v) is 9.45. The van der Waals surface area contributed by atoms with E-state index in [4.69, 9.17) is 9.97 Å². The summed E-state index contributed by atoms with van der Waals surface area (Å²) >= 11 is 3.53. The fourth-order valence-corrected chi connectivity index (χ4v) is 3.75. The zero-order valence-corrected chi connectivity index (χ0v) is 16.1. The molecule has 28 heavy (non-hydrogen) atoms. The molecule has 136 valence electrons. The molecular weight excluding hydrogens is 418 g/mol. The number of aromatic amines is 1. The Kier molecular flexibility index (Phi) is 3.80. The number of hydrogen-bond acceptors (Lipinski definition) is 4. The molecule has 3 N–H and O–H groups in total. The number of para-hydroxylation sites is 2. The van der Waals surface area contributed by atoms with Crippen molar-refractivity contribution in [2.24, 2.45) is 0 Å². The van der Waals surface area contributed by atoms with Gasteiger partial charge in [-0.05, 0) is 42.5 Å². The van der Waals surface area contributed by atoms with Crippen LogP contribution in [0.5, 0.6) is 11.5 Å². The normalized spacial score (nSPS) is 11.3. The third-order valence-corrected chi connectivity index (χ3v) is 5.20. The van der Waals surface area contributed by atoms with E-state index in [9.17, 15) is 10.2 Å². The number of nitrogens with one attached hydrogen (secondary N) is 1. The fraction of sp³-hybridized carbons (Fsp3) is 0. The number of H-pyrrole nitrogens is 1. The number of rotatable bonds is 2. The van der Waals surface area contributed by atoms with Gasteiger partial charge in [0.15, 0.2) is 0 Å². The van der Waals surface area contributed by atoms with E-state index in [1.54, 1.807) is 6.07 Å². The van der Waals surface area contributed by atoms with Crippen molar-refractivity contribution in [1.82, 2.24) is 15.0 Å². The molecule has 0 saturated carbocycles. The van der Waals surface area contributed by atoms with E-state index >= 15 is 0 Å². The highest BCUT2D eigenvalue weighted by Crippen LogP contribution is 2.39. The molecule has 0 radical (unpaired) electrons. The quantitative estimate of drug-likeness (QED) is 0.338. The molecule has 2 aromatic heterocycles. The number of phenols is 2. The average Bonchev–Trinajstić information content (AvgIpc) is 3.10. The van der Waals surface area contributed by atoms with Crippen LogP contribution in [0.15, 0.2) is 71.3 Å². The van der Waals surface area contributed by atoms with Crippen molar-refractivity contribution in [2.75, 3.05) is 0 Å². The highest BCUT2D eigenvalue weighted by Gasteiger charge is 2.19. The van der Waals surface area contributed by atoms with E-state index < -0.39 is 0 Å². The summed E-state index contributed by atoms with van der Waals surface area (Å²) in [5.41, 5.74) is 5.08. The lowest BCUT2D eigenvalue weighted by molar-refractivity contribution is 0.452. The molecule has 0 aliphatic carbocycles. The number of hydrogen-bond donors (Lipinski definition) is 3. The second kappa shape index (κ2) is 6.35. The number of fused-ring (bicyclic) bond motifs is 2. The lowest BCUT2D eigenvalue weighted by atomic mass is 10.0. The third kappa shape index (κ3) is 2.70. The number of aromatic nitrogens is 3. The molecule has 2 heterocycles. The van der Waals surface area contributed by atoms with E-state index in [0.717, 1.165) is 32.0 Å².